The van der Waals surface area contributed by atoms with E-state index >= 15 is 0 Å². The van der Waals surface area contributed by atoms with E-state index < -0.39 is 10.0 Å². The van der Waals surface area contributed by atoms with Gasteiger partial charge >= 0.3 is 0 Å². The molecule has 0 amide bonds. The molecule has 3 nitrogen and oxygen atoms in total. The van der Waals surface area contributed by atoms with Crippen molar-refractivity contribution in [2.75, 3.05) is 4.72 Å². The van der Waals surface area contributed by atoms with Gasteiger partial charge in [-0.1, -0.05) is 6.07 Å². The molecule has 0 radical (unpaired) electrons. The quantitative estimate of drug-likeness (QED) is 0.776. The summed E-state index contributed by atoms with van der Waals surface area (Å²) in [6.45, 7) is 3.84. The second-order valence-corrected chi connectivity index (χ2v) is 9.33. The molecule has 0 aliphatic heterocycles. The number of thiophene rings is 1. The molecule has 0 saturated carbocycles. The Morgan fingerprint density at radius 2 is 1.84 bits per heavy atom. The van der Waals surface area contributed by atoms with Gasteiger partial charge in [0.2, 0.25) is 0 Å². The number of anilines is 1. The fourth-order valence-electron chi connectivity index (χ4n) is 1.67. The molecule has 2 rings (SSSR count). The first-order valence-electron chi connectivity index (χ1n) is 5.34. The smallest absolute Gasteiger partial charge is 0.271 e. The van der Waals surface area contributed by atoms with Gasteiger partial charge in [0.25, 0.3) is 10.0 Å². The van der Waals surface area contributed by atoms with Gasteiger partial charge in [0, 0.05) is 4.47 Å². The molecule has 19 heavy (non-hydrogen) atoms. The van der Waals surface area contributed by atoms with Gasteiger partial charge < -0.3 is 0 Å². The van der Waals surface area contributed by atoms with E-state index in [9.17, 15) is 8.42 Å². The molecule has 0 bridgehead atoms. The van der Waals surface area contributed by atoms with Gasteiger partial charge in [-0.05, 0) is 75.0 Å². The van der Waals surface area contributed by atoms with Gasteiger partial charge in [0.15, 0.2) is 0 Å². The molecule has 0 aliphatic rings. The number of hydrogen-bond donors (Lipinski definition) is 1. The molecule has 0 unspecified atom stereocenters. The molecule has 0 aliphatic carbocycles. The third-order valence-electron chi connectivity index (χ3n) is 2.48. The molecule has 2 aromatic rings. The lowest BCUT2D eigenvalue weighted by Crippen LogP contribution is -2.13. The van der Waals surface area contributed by atoms with Crippen LogP contribution in [-0.4, -0.2) is 8.42 Å². The fraction of sp³-hybridized carbons (Fsp3) is 0.167. The molecule has 0 saturated heterocycles. The van der Waals surface area contributed by atoms with Crippen LogP contribution < -0.4 is 4.72 Å². The summed E-state index contributed by atoms with van der Waals surface area (Å²) in [5.41, 5.74) is 2.53. The van der Waals surface area contributed by atoms with Gasteiger partial charge in [0.1, 0.15) is 4.21 Å². The number of hydrogen-bond acceptors (Lipinski definition) is 3. The van der Waals surface area contributed by atoms with E-state index in [1.54, 1.807) is 12.1 Å². The Morgan fingerprint density at radius 1 is 1.16 bits per heavy atom. The summed E-state index contributed by atoms with van der Waals surface area (Å²) in [6, 6.07) is 7.12. The lowest BCUT2D eigenvalue weighted by Gasteiger charge is -2.12. The van der Waals surface area contributed by atoms with Crippen molar-refractivity contribution in [2.24, 2.45) is 0 Å². The predicted octanol–water partition coefficient (Wildman–Crippen LogP) is 4.69. The maximum Gasteiger partial charge on any atom is 0.271 e. The summed E-state index contributed by atoms with van der Waals surface area (Å²) >= 11 is 7.84. The monoisotopic (exact) mass is 423 g/mol. The maximum atomic E-state index is 12.3. The predicted molar refractivity (Wildman–Crippen MR) is 86.4 cm³/mol. The number of aryl methyl sites for hydroxylation is 2. The Labute approximate surface area is 133 Å². The van der Waals surface area contributed by atoms with E-state index in [-0.39, 0.29) is 4.21 Å². The summed E-state index contributed by atoms with van der Waals surface area (Å²) in [4.78, 5) is 0. The van der Waals surface area contributed by atoms with Gasteiger partial charge in [-0.3, -0.25) is 4.72 Å². The van der Waals surface area contributed by atoms with E-state index in [4.69, 9.17) is 0 Å². The standard InChI is InChI=1S/C12H11Br2NO2S2/c1-7-5-8(2)12(9(13)6-7)15-19(16,17)11-4-3-10(14)18-11/h3-6,15H,1-2H3. The Bertz CT molecular complexity index is 700. The first-order chi connectivity index (χ1) is 8.79. The zero-order valence-corrected chi connectivity index (χ0v) is 15.0. The van der Waals surface area contributed by atoms with E-state index in [0.717, 1.165) is 19.4 Å². The van der Waals surface area contributed by atoms with E-state index in [2.05, 4.69) is 36.6 Å². The number of nitrogens with one attached hydrogen (secondary N) is 1. The highest BCUT2D eigenvalue weighted by Gasteiger charge is 2.19. The van der Waals surface area contributed by atoms with Crippen molar-refractivity contribution in [3.05, 3.63) is 43.7 Å². The van der Waals surface area contributed by atoms with Crippen LogP contribution in [0.3, 0.4) is 0 Å². The van der Waals surface area contributed by atoms with Crippen LogP contribution in [0, 0.1) is 13.8 Å². The summed E-state index contributed by atoms with van der Waals surface area (Å²) in [7, 11) is -3.54. The van der Waals surface area contributed by atoms with Gasteiger partial charge in [0.05, 0.1) is 9.47 Å². The molecule has 1 heterocycles. The van der Waals surface area contributed by atoms with Crippen molar-refractivity contribution in [3.8, 4) is 0 Å². The van der Waals surface area contributed by atoms with Crippen molar-refractivity contribution < 1.29 is 8.42 Å². The Kier molecular flexibility index (Phi) is 4.39. The van der Waals surface area contributed by atoms with E-state index in [0.29, 0.717) is 5.69 Å². The van der Waals surface area contributed by atoms with Crippen LogP contribution in [0.4, 0.5) is 5.69 Å². The van der Waals surface area contributed by atoms with Crippen molar-refractivity contribution >= 4 is 58.9 Å². The molecule has 0 atom stereocenters. The van der Waals surface area contributed by atoms with Crippen LogP contribution in [0.2, 0.25) is 0 Å². The van der Waals surface area contributed by atoms with Crippen molar-refractivity contribution in [1.29, 1.82) is 0 Å². The molecular weight excluding hydrogens is 414 g/mol. The van der Waals surface area contributed by atoms with Crippen LogP contribution in [0.5, 0.6) is 0 Å². The van der Waals surface area contributed by atoms with Crippen LogP contribution in [-0.2, 0) is 10.0 Å². The number of sulfonamides is 1. The highest BCUT2D eigenvalue weighted by Crippen LogP contribution is 2.32. The second-order valence-electron chi connectivity index (χ2n) is 4.10. The molecule has 1 N–H and O–H groups in total. The highest BCUT2D eigenvalue weighted by atomic mass is 79.9. The zero-order chi connectivity index (χ0) is 14.2. The topological polar surface area (TPSA) is 46.2 Å². The van der Waals surface area contributed by atoms with Crippen LogP contribution in [0.1, 0.15) is 11.1 Å². The molecule has 1 aromatic carbocycles. The molecule has 7 heteroatoms. The van der Waals surface area contributed by atoms with Gasteiger partial charge in [-0.2, -0.15) is 0 Å². The molecule has 1 aromatic heterocycles. The third-order valence-corrected chi connectivity index (χ3v) is 6.57. The van der Waals surface area contributed by atoms with E-state index in [1.165, 1.54) is 11.3 Å². The van der Waals surface area contributed by atoms with Gasteiger partial charge in [-0.25, -0.2) is 8.42 Å². The Morgan fingerprint density at radius 3 is 2.37 bits per heavy atom. The number of benzene rings is 1. The zero-order valence-electron chi connectivity index (χ0n) is 10.2. The minimum absolute atomic E-state index is 0.284. The minimum Gasteiger partial charge on any atom is -0.278 e. The van der Waals surface area contributed by atoms with Crippen molar-refractivity contribution in [2.45, 2.75) is 18.1 Å². The molecular formula is C12H11Br2NO2S2. The summed E-state index contributed by atoms with van der Waals surface area (Å²) < 4.78 is 29.0. The maximum absolute atomic E-state index is 12.3. The fourth-order valence-corrected chi connectivity index (χ4v) is 5.74. The third kappa shape index (κ3) is 3.39. The second kappa shape index (κ2) is 5.55. The Balaban J connectivity index is 2.41. The van der Waals surface area contributed by atoms with Crippen molar-refractivity contribution in [1.82, 2.24) is 0 Å². The lowest BCUT2D eigenvalue weighted by atomic mass is 10.1. The first-order valence-corrected chi connectivity index (χ1v) is 9.23. The average Bonchev–Trinajstić information content (AvgIpc) is 2.71. The van der Waals surface area contributed by atoms with Gasteiger partial charge in [-0.15, -0.1) is 11.3 Å². The Hall–Kier alpha value is -0.370. The summed E-state index contributed by atoms with van der Waals surface area (Å²) in [6.07, 6.45) is 0. The summed E-state index contributed by atoms with van der Waals surface area (Å²) in [5.74, 6) is 0. The normalized spacial score (nSPS) is 11.6. The molecule has 0 spiro atoms. The number of rotatable bonds is 3. The molecule has 0 fully saturated rings. The largest absolute Gasteiger partial charge is 0.278 e. The van der Waals surface area contributed by atoms with Crippen LogP contribution in [0.25, 0.3) is 0 Å². The average molecular weight is 425 g/mol. The van der Waals surface area contributed by atoms with Crippen molar-refractivity contribution in [3.63, 3.8) is 0 Å². The summed E-state index contributed by atoms with van der Waals surface area (Å²) in [5, 5.41) is 0. The van der Waals surface area contributed by atoms with Crippen LogP contribution in [0.15, 0.2) is 36.7 Å². The lowest BCUT2D eigenvalue weighted by molar-refractivity contribution is 0.603. The molecule has 102 valence electrons. The van der Waals surface area contributed by atoms with E-state index in [1.807, 2.05) is 26.0 Å². The highest BCUT2D eigenvalue weighted by molar-refractivity contribution is 9.11. The minimum atomic E-state index is -3.54. The van der Waals surface area contributed by atoms with Crippen LogP contribution >= 0.6 is 43.2 Å². The first kappa shape index (κ1) is 15.0. The SMILES string of the molecule is Cc1cc(C)c(NS(=O)(=O)c2ccc(Br)s2)c(Br)c1. The number of halogens is 2.